The minimum Gasteiger partial charge on any atom is -0.472 e. The summed E-state index contributed by atoms with van der Waals surface area (Å²) in [4.78, 5) is 13.7. The van der Waals surface area contributed by atoms with Gasteiger partial charge < -0.3 is 14.6 Å². The number of carbonyl (C=O) groups is 1. The monoisotopic (exact) mass is 294 g/mol. The topological polar surface area (TPSA) is 45.5 Å². The van der Waals surface area contributed by atoms with Crippen molar-refractivity contribution in [2.24, 2.45) is 0 Å². The second-order valence-corrected chi connectivity index (χ2v) is 4.50. The van der Waals surface area contributed by atoms with Gasteiger partial charge in [-0.3, -0.25) is 0 Å². The molecule has 0 aliphatic carbocycles. The van der Waals surface area contributed by atoms with E-state index in [-0.39, 0.29) is 11.6 Å². The van der Waals surface area contributed by atoms with Gasteiger partial charge in [-0.05, 0) is 25.1 Å². The molecule has 0 aliphatic rings. The molecule has 1 heterocycles. The first-order chi connectivity index (χ1) is 10.1. The summed E-state index contributed by atoms with van der Waals surface area (Å²) in [5.41, 5.74) is 1.10. The molecule has 2 amide bonds. The van der Waals surface area contributed by atoms with Crippen LogP contribution in [0.1, 0.15) is 24.5 Å². The second kappa shape index (κ2) is 6.88. The third-order valence-corrected chi connectivity index (χ3v) is 3.01. The van der Waals surface area contributed by atoms with Gasteiger partial charge in [0.1, 0.15) is 0 Å². The number of amides is 2. The van der Waals surface area contributed by atoms with Crippen LogP contribution in [0, 0.1) is 0 Å². The largest absolute Gasteiger partial charge is 0.472 e. The van der Waals surface area contributed by atoms with E-state index in [2.05, 4.69) is 5.32 Å². The number of nitrogens with zero attached hydrogens (tertiary/aromatic N) is 1. The molecule has 112 valence electrons. The fourth-order valence-electron chi connectivity index (χ4n) is 1.88. The van der Waals surface area contributed by atoms with Gasteiger partial charge in [0.2, 0.25) is 0 Å². The van der Waals surface area contributed by atoms with Gasteiger partial charge >= 0.3 is 6.03 Å². The lowest BCUT2D eigenvalue weighted by Gasteiger charge is -2.20. The van der Waals surface area contributed by atoms with E-state index in [1.807, 2.05) is 6.92 Å². The highest BCUT2D eigenvalue weighted by Gasteiger charge is 2.14. The van der Waals surface area contributed by atoms with Crippen LogP contribution >= 0.6 is 0 Å². The van der Waals surface area contributed by atoms with E-state index < -0.39 is 6.43 Å². The van der Waals surface area contributed by atoms with Gasteiger partial charge in [0.25, 0.3) is 6.43 Å². The molecule has 1 aromatic carbocycles. The Hall–Kier alpha value is -2.37. The Kier molecular flexibility index (Phi) is 4.92. The Labute approximate surface area is 121 Å². The number of furan rings is 1. The minimum absolute atomic E-state index is 0.120. The van der Waals surface area contributed by atoms with E-state index >= 15 is 0 Å². The van der Waals surface area contributed by atoms with Crippen molar-refractivity contribution in [3.63, 3.8) is 0 Å². The molecule has 0 radical (unpaired) electrons. The van der Waals surface area contributed by atoms with Gasteiger partial charge in [0, 0.05) is 23.4 Å². The van der Waals surface area contributed by atoms with Gasteiger partial charge in [0.05, 0.1) is 19.1 Å². The number of alkyl halides is 2. The number of nitrogens with one attached hydrogen (secondary N) is 1. The zero-order valence-corrected chi connectivity index (χ0v) is 11.6. The van der Waals surface area contributed by atoms with Crippen molar-refractivity contribution in [1.29, 1.82) is 0 Å². The van der Waals surface area contributed by atoms with Gasteiger partial charge in [-0.1, -0.05) is 12.1 Å². The molecule has 1 aromatic heterocycles. The Bertz CT molecular complexity index is 585. The Morgan fingerprint density at radius 2 is 2.19 bits per heavy atom. The molecule has 4 nitrogen and oxygen atoms in total. The van der Waals surface area contributed by atoms with Gasteiger partial charge in [-0.25, -0.2) is 13.6 Å². The predicted octanol–water partition coefficient (Wildman–Crippen LogP) is 4.27. The maximum Gasteiger partial charge on any atom is 0.322 e. The van der Waals surface area contributed by atoms with Crippen LogP contribution in [0.4, 0.5) is 19.3 Å². The summed E-state index contributed by atoms with van der Waals surface area (Å²) < 4.78 is 30.2. The number of anilines is 1. The molecule has 2 rings (SSSR count). The van der Waals surface area contributed by atoms with Crippen LogP contribution in [0.3, 0.4) is 0 Å². The first kappa shape index (κ1) is 15.0. The van der Waals surface area contributed by atoms with E-state index in [0.717, 1.165) is 5.56 Å². The SMILES string of the molecule is CCN(Cc1ccoc1)C(=O)Nc1cccc(C(F)F)c1. The number of hydrogen-bond donors (Lipinski definition) is 1. The lowest BCUT2D eigenvalue weighted by molar-refractivity contribution is 0.151. The van der Waals surface area contributed by atoms with E-state index in [0.29, 0.717) is 18.8 Å². The van der Waals surface area contributed by atoms with Crippen LogP contribution in [0.5, 0.6) is 0 Å². The molecular weight excluding hydrogens is 278 g/mol. The molecule has 0 bridgehead atoms. The molecule has 0 saturated carbocycles. The van der Waals surface area contributed by atoms with Crippen LogP contribution in [0.2, 0.25) is 0 Å². The second-order valence-electron chi connectivity index (χ2n) is 4.50. The van der Waals surface area contributed by atoms with Crippen molar-refractivity contribution >= 4 is 11.7 Å². The number of hydrogen-bond acceptors (Lipinski definition) is 2. The highest BCUT2D eigenvalue weighted by atomic mass is 19.3. The Morgan fingerprint density at radius 1 is 1.38 bits per heavy atom. The molecular formula is C15H16F2N2O2. The van der Waals surface area contributed by atoms with Gasteiger partial charge in [-0.15, -0.1) is 0 Å². The lowest BCUT2D eigenvalue weighted by atomic mass is 10.2. The average Bonchev–Trinajstić information content (AvgIpc) is 2.97. The standard InChI is InChI=1S/C15H16F2N2O2/c1-2-19(9-11-6-7-21-10-11)15(20)18-13-5-3-4-12(8-13)14(16)17/h3-8,10,14H,2,9H2,1H3,(H,18,20). The number of urea groups is 1. The third-order valence-electron chi connectivity index (χ3n) is 3.01. The van der Waals surface area contributed by atoms with E-state index in [1.165, 1.54) is 24.5 Å². The van der Waals surface area contributed by atoms with E-state index in [1.54, 1.807) is 23.3 Å². The molecule has 0 atom stereocenters. The number of benzene rings is 1. The van der Waals surface area contributed by atoms with Crippen molar-refractivity contribution in [2.45, 2.75) is 19.9 Å². The molecule has 21 heavy (non-hydrogen) atoms. The van der Waals surface area contributed by atoms with Gasteiger partial charge in [0.15, 0.2) is 0 Å². The number of halogens is 2. The molecule has 0 saturated heterocycles. The predicted molar refractivity (Wildman–Crippen MR) is 75.2 cm³/mol. The smallest absolute Gasteiger partial charge is 0.322 e. The fourth-order valence-corrected chi connectivity index (χ4v) is 1.88. The number of carbonyl (C=O) groups excluding carboxylic acids is 1. The Morgan fingerprint density at radius 3 is 2.81 bits per heavy atom. The normalized spacial score (nSPS) is 10.7. The summed E-state index contributed by atoms with van der Waals surface area (Å²) in [6.45, 7) is 2.73. The van der Waals surface area contributed by atoms with E-state index in [4.69, 9.17) is 4.42 Å². The molecule has 0 spiro atoms. The zero-order valence-electron chi connectivity index (χ0n) is 11.6. The van der Waals surface area contributed by atoms with Crippen molar-refractivity contribution in [3.8, 4) is 0 Å². The lowest BCUT2D eigenvalue weighted by Crippen LogP contribution is -2.34. The average molecular weight is 294 g/mol. The Balaban J connectivity index is 2.03. The summed E-state index contributed by atoms with van der Waals surface area (Å²) in [7, 11) is 0. The maximum absolute atomic E-state index is 12.6. The molecule has 0 unspecified atom stereocenters. The number of rotatable bonds is 5. The van der Waals surface area contributed by atoms with Crippen LogP contribution < -0.4 is 5.32 Å². The quantitative estimate of drug-likeness (QED) is 0.895. The molecule has 0 aliphatic heterocycles. The van der Waals surface area contributed by atoms with Crippen molar-refractivity contribution in [1.82, 2.24) is 4.90 Å². The highest BCUT2D eigenvalue weighted by molar-refractivity contribution is 5.89. The van der Waals surface area contributed by atoms with Gasteiger partial charge in [-0.2, -0.15) is 0 Å². The summed E-state index contributed by atoms with van der Waals surface area (Å²) in [5.74, 6) is 0. The molecule has 0 fully saturated rings. The van der Waals surface area contributed by atoms with Crippen molar-refractivity contribution < 1.29 is 18.0 Å². The molecule has 1 N–H and O–H groups in total. The first-order valence-corrected chi connectivity index (χ1v) is 6.55. The zero-order chi connectivity index (χ0) is 15.2. The van der Waals surface area contributed by atoms with Crippen molar-refractivity contribution in [3.05, 3.63) is 54.0 Å². The van der Waals surface area contributed by atoms with Crippen LogP contribution in [0.25, 0.3) is 0 Å². The summed E-state index contributed by atoms with van der Waals surface area (Å²) in [5, 5.41) is 2.62. The molecule has 6 heteroatoms. The fraction of sp³-hybridized carbons (Fsp3) is 0.267. The van der Waals surface area contributed by atoms with Crippen molar-refractivity contribution in [2.75, 3.05) is 11.9 Å². The highest BCUT2D eigenvalue weighted by Crippen LogP contribution is 2.22. The first-order valence-electron chi connectivity index (χ1n) is 6.55. The van der Waals surface area contributed by atoms with Crippen LogP contribution in [-0.4, -0.2) is 17.5 Å². The molecule has 2 aromatic rings. The summed E-state index contributed by atoms with van der Waals surface area (Å²) in [6.07, 6.45) is 0.538. The summed E-state index contributed by atoms with van der Waals surface area (Å²) >= 11 is 0. The minimum atomic E-state index is -2.56. The maximum atomic E-state index is 12.6. The van der Waals surface area contributed by atoms with Crippen LogP contribution in [-0.2, 0) is 6.54 Å². The third kappa shape index (κ3) is 4.05. The van der Waals surface area contributed by atoms with Crippen LogP contribution in [0.15, 0.2) is 47.3 Å². The summed E-state index contributed by atoms with van der Waals surface area (Å²) in [6, 6.07) is 7.09. The van der Waals surface area contributed by atoms with E-state index in [9.17, 15) is 13.6 Å².